The van der Waals surface area contributed by atoms with E-state index in [0.717, 1.165) is 14.2 Å². The summed E-state index contributed by atoms with van der Waals surface area (Å²) in [4.78, 5) is 25.9. The van der Waals surface area contributed by atoms with E-state index in [1.165, 1.54) is 0 Å². The fourth-order valence-corrected chi connectivity index (χ4v) is 6.63. The molecule has 2 heterocycles. The molecular formula is C26H20F6N2O4S2. The summed E-state index contributed by atoms with van der Waals surface area (Å²) in [5.74, 6) is -2.42. The third kappa shape index (κ3) is 5.82. The number of carbonyl (C=O) groups excluding carboxylic acids is 2. The topological polar surface area (TPSA) is 59.1 Å². The molecule has 6 nitrogen and oxygen atoms in total. The van der Waals surface area contributed by atoms with Crippen LogP contribution in [0.15, 0.2) is 91.7 Å². The minimum absolute atomic E-state index is 0.0346. The highest BCUT2D eigenvalue weighted by atomic mass is 32.2. The molecular weight excluding hydrogens is 582 g/mol. The van der Waals surface area contributed by atoms with Crippen LogP contribution in [0, 0.1) is 0 Å². The average Bonchev–Trinajstić information content (AvgIpc) is 3.57. The van der Waals surface area contributed by atoms with Crippen molar-refractivity contribution < 1.29 is 45.4 Å². The Hall–Kier alpha value is -3.52. The molecule has 4 rings (SSSR count). The van der Waals surface area contributed by atoms with Crippen molar-refractivity contribution in [1.82, 2.24) is 0 Å². The van der Waals surface area contributed by atoms with E-state index in [1.807, 2.05) is 0 Å². The van der Waals surface area contributed by atoms with Gasteiger partial charge in [0.1, 0.15) is 21.2 Å². The molecule has 2 aliphatic rings. The number of thioether (sulfide) groups is 2. The molecule has 1 fully saturated rings. The van der Waals surface area contributed by atoms with Crippen LogP contribution >= 0.6 is 23.5 Å². The van der Waals surface area contributed by atoms with Gasteiger partial charge in [0, 0.05) is 24.5 Å². The summed E-state index contributed by atoms with van der Waals surface area (Å²) in [5.41, 5.74) is -0.199. The van der Waals surface area contributed by atoms with Crippen molar-refractivity contribution in [2.45, 2.75) is 12.4 Å². The summed E-state index contributed by atoms with van der Waals surface area (Å²) < 4.78 is 91.3. The number of nitrogens with zero attached hydrogens (tertiary/aromatic N) is 2. The molecule has 2 aromatic rings. The molecule has 212 valence electrons. The van der Waals surface area contributed by atoms with Crippen LogP contribution in [0.1, 0.15) is 0 Å². The molecule has 0 radical (unpaired) electrons. The Morgan fingerprint density at radius 1 is 0.675 bits per heavy atom. The fourth-order valence-electron chi connectivity index (χ4n) is 4.12. The molecule has 0 N–H and O–H groups in total. The van der Waals surface area contributed by atoms with Crippen molar-refractivity contribution in [2.24, 2.45) is 0 Å². The number of para-hydroxylation sites is 2. The number of methoxy groups -OCH3 is 2. The average molecular weight is 603 g/mol. The Balaban J connectivity index is 2.05. The van der Waals surface area contributed by atoms with E-state index in [0.29, 0.717) is 11.4 Å². The number of allylic oxidation sites excluding steroid dienone is 2. The first-order chi connectivity index (χ1) is 18.9. The first-order valence-electron chi connectivity index (χ1n) is 11.4. The van der Waals surface area contributed by atoms with Gasteiger partial charge in [-0.2, -0.15) is 26.3 Å². The highest BCUT2D eigenvalue weighted by Gasteiger charge is 2.52. The Morgan fingerprint density at radius 2 is 1.05 bits per heavy atom. The Morgan fingerprint density at radius 3 is 1.40 bits per heavy atom. The van der Waals surface area contributed by atoms with Gasteiger partial charge in [0.15, 0.2) is 0 Å². The number of hydrogen-bond donors (Lipinski definition) is 0. The van der Waals surface area contributed by atoms with Crippen LogP contribution in [0.3, 0.4) is 0 Å². The van der Waals surface area contributed by atoms with Gasteiger partial charge in [0.25, 0.3) is 0 Å². The number of ether oxygens (including phenoxy) is 2. The van der Waals surface area contributed by atoms with Crippen LogP contribution in [0.25, 0.3) is 0 Å². The van der Waals surface area contributed by atoms with Gasteiger partial charge < -0.3 is 19.3 Å². The van der Waals surface area contributed by atoms with Gasteiger partial charge in [0.2, 0.25) is 0 Å². The van der Waals surface area contributed by atoms with Crippen molar-refractivity contribution in [3.63, 3.8) is 0 Å². The highest BCUT2D eigenvalue weighted by Crippen LogP contribution is 2.60. The van der Waals surface area contributed by atoms with E-state index in [1.54, 1.807) is 70.5 Å². The molecule has 0 aromatic heterocycles. The van der Waals surface area contributed by atoms with Crippen LogP contribution in [-0.4, -0.2) is 51.6 Å². The van der Waals surface area contributed by atoms with Gasteiger partial charge in [-0.1, -0.05) is 59.9 Å². The molecule has 0 unspecified atom stereocenters. The molecule has 40 heavy (non-hydrogen) atoms. The zero-order valence-corrected chi connectivity index (χ0v) is 22.4. The van der Waals surface area contributed by atoms with Gasteiger partial charge >= 0.3 is 24.3 Å². The molecule has 2 aliphatic heterocycles. The van der Waals surface area contributed by atoms with Crippen LogP contribution in [0.2, 0.25) is 0 Å². The second-order valence-corrected chi connectivity index (χ2v) is 10.5. The van der Waals surface area contributed by atoms with Gasteiger partial charge in [-0.3, -0.25) is 0 Å². The number of rotatable bonds is 5. The quantitative estimate of drug-likeness (QED) is 0.216. The minimum Gasteiger partial charge on any atom is -0.465 e. The summed E-state index contributed by atoms with van der Waals surface area (Å²) in [6, 6.07) is 17.2. The summed E-state index contributed by atoms with van der Waals surface area (Å²) in [7, 11) is 1.90. The van der Waals surface area contributed by atoms with E-state index in [4.69, 9.17) is 9.47 Å². The predicted octanol–water partition coefficient (Wildman–Crippen LogP) is 6.60. The van der Waals surface area contributed by atoms with Crippen molar-refractivity contribution >= 4 is 46.8 Å². The van der Waals surface area contributed by atoms with Crippen LogP contribution in [-0.2, 0) is 19.1 Å². The monoisotopic (exact) mass is 602 g/mol. The van der Waals surface area contributed by atoms with Gasteiger partial charge in [-0.15, -0.1) is 0 Å². The summed E-state index contributed by atoms with van der Waals surface area (Å²) in [6.07, 6.45) is -10.7. The molecule has 1 saturated heterocycles. The Labute approximate surface area is 233 Å². The van der Waals surface area contributed by atoms with Crippen LogP contribution in [0.5, 0.6) is 0 Å². The lowest BCUT2D eigenvalue weighted by atomic mass is 10.1. The van der Waals surface area contributed by atoms with Crippen molar-refractivity contribution in [3.8, 4) is 0 Å². The van der Waals surface area contributed by atoms with E-state index in [2.05, 4.69) is 0 Å². The molecule has 0 amide bonds. The summed E-state index contributed by atoms with van der Waals surface area (Å²) in [6.45, 7) is 0.525. The zero-order valence-electron chi connectivity index (χ0n) is 20.8. The molecule has 0 atom stereocenters. The molecule has 2 aromatic carbocycles. The molecule has 0 spiro atoms. The fraction of sp³-hybridized carbons (Fsp3) is 0.231. The molecule has 14 heteroatoms. The number of carbonyl (C=O) groups is 2. The normalized spacial score (nSPS) is 16.0. The Bertz CT molecular complexity index is 1310. The maximum Gasteiger partial charge on any atom is 0.423 e. The van der Waals surface area contributed by atoms with Crippen molar-refractivity contribution in [2.75, 3.05) is 37.1 Å². The number of benzene rings is 2. The van der Waals surface area contributed by atoms with E-state index in [9.17, 15) is 35.9 Å². The van der Waals surface area contributed by atoms with Crippen molar-refractivity contribution in [3.05, 3.63) is 91.7 Å². The summed E-state index contributed by atoms with van der Waals surface area (Å²) >= 11 is -0.578. The molecule has 0 saturated carbocycles. The lowest BCUT2D eigenvalue weighted by molar-refractivity contribution is -0.139. The maximum absolute atomic E-state index is 13.7. The first kappa shape index (κ1) is 29.5. The first-order valence-corrected chi connectivity index (χ1v) is 13.1. The molecule has 0 bridgehead atoms. The largest absolute Gasteiger partial charge is 0.465 e. The lowest BCUT2D eigenvalue weighted by Gasteiger charge is -2.28. The molecule has 0 aliphatic carbocycles. The Kier molecular flexibility index (Phi) is 8.49. The van der Waals surface area contributed by atoms with Crippen LogP contribution < -0.4 is 9.80 Å². The number of alkyl halides is 6. The standard InChI is InChI=1S/C26H20F6N2O4S2/c1-37-22(35)17(18(23(36)38-2)24-39-19(25(27,28)29)20(40-24)26(30,31)32)21-33(15-9-5-3-6-10-15)13-14-34(21)16-11-7-4-8-12-16/h3-12H,13-14H2,1-2H3. The van der Waals surface area contributed by atoms with E-state index in [-0.39, 0.29) is 42.4 Å². The number of hydrogen-bond acceptors (Lipinski definition) is 8. The predicted molar refractivity (Wildman–Crippen MR) is 140 cm³/mol. The maximum atomic E-state index is 13.7. The zero-order chi connectivity index (χ0) is 29.2. The minimum atomic E-state index is -5.37. The van der Waals surface area contributed by atoms with E-state index >= 15 is 0 Å². The van der Waals surface area contributed by atoms with Crippen molar-refractivity contribution in [1.29, 1.82) is 0 Å². The van der Waals surface area contributed by atoms with Gasteiger partial charge in [-0.25, -0.2) is 9.59 Å². The van der Waals surface area contributed by atoms with Gasteiger partial charge in [0.05, 0.1) is 24.0 Å². The highest BCUT2D eigenvalue weighted by molar-refractivity contribution is 8.28. The SMILES string of the molecule is COC(=O)C(=C1SC(C(F)(F)F)=C(C(F)(F)F)S1)C(C(=O)OC)=C1N(c2ccccc2)CCN1c1ccccc1. The van der Waals surface area contributed by atoms with Crippen LogP contribution in [0.4, 0.5) is 37.7 Å². The summed E-state index contributed by atoms with van der Waals surface area (Å²) in [5, 5.41) is 0. The number of halogens is 6. The van der Waals surface area contributed by atoms with Gasteiger partial charge in [-0.05, 0) is 24.3 Å². The number of esters is 2. The smallest absolute Gasteiger partial charge is 0.423 e. The second-order valence-electron chi connectivity index (χ2n) is 8.18. The van der Waals surface area contributed by atoms with E-state index < -0.39 is 49.5 Å². The number of anilines is 2. The second kappa shape index (κ2) is 11.5. The third-order valence-corrected chi connectivity index (χ3v) is 8.45. The third-order valence-electron chi connectivity index (χ3n) is 5.76. The lowest BCUT2D eigenvalue weighted by Crippen LogP contribution is -2.30.